The van der Waals surface area contributed by atoms with Crippen molar-refractivity contribution in [3.8, 4) is 0 Å². The number of ketones is 1. The highest BCUT2D eigenvalue weighted by Crippen LogP contribution is 2.42. The topological polar surface area (TPSA) is 253 Å². The molecule has 20 rings (SSSR count). The Kier molecular flexibility index (Phi) is 26.6. The Hall–Kier alpha value is -10.7. The van der Waals surface area contributed by atoms with Gasteiger partial charge >= 0.3 is 0 Å². The summed E-state index contributed by atoms with van der Waals surface area (Å²) in [5, 5.41) is 72.1. The monoisotopic (exact) mass is 1720 g/mol. The molecular weight excluding hydrogens is 1610 g/mol. The van der Waals surface area contributed by atoms with E-state index in [2.05, 4.69) is 175 Å². The van der Waals surface area contributed by atoms with Crippen molar-refractivity contribution in [2.45, 2.75) is 181 Å². The molecule has 24 heteroatoms. The zero-order valence-corrected chi connectivity index (χ0v) is 74.4. The fourth-order valence-corrected chi connectivity index (χ4v) is 19.9. The highest BCUT2D eigenvalue weighted by atomic mass is 35.5. The molecule has 5 aliphatic rings. The van der Waals surface area contributed by atoms with Crippen molar-refractivity contribution in [3.05, 3.63) is 318 Å². The van der Waals surface area contributed by atoms with Gasteiger partial charge in [0.15, 0.2) is 5.78 Å². The maximum absolute atomic E-state index is 12.0. The zero-order valence-electron chi connectivity index (χ0n) is 72.9. The number of aromatic nitrogens is 11. The van der Waals surface area contributed by atoms with Crippen LogP contribution in [0.3, 0.4) is 0 Å². The van der Waals surface area contributed by atoms with Crippen molar-refractivity contribution < 1.29 is 35.4 Å². The van der Waals surface area contributed by atoms with E-state index in [0.29, 0.717) is 49.7 Å². The van der Waals surface area contributed by atoms with Crippen LogP contribution in [0.2, 0.25) is 10.0 Å². The molecule has 125 heavy (non-hydrogen) atoms. The number of para-hydroxylation sites is 2. The van der Waals surface area contributed by atoms with E-state index >= 15 is 0 Å². The fourth-order valence-electron chi connectivity index (χ4n) is 19.5. The van der Waals surface area contributed by atoms with Gasteiger partial charge in [0.2, 0.25) is 0 Å². The van der Waals surface area contributed by atoms with Gasteiger partial charge in [-0.05, 0) is 211 Å². The van der Waals surface area contributed by atoms with Crippen LogP contribution in [-0.4, -0.2) is 163 Å². The minimum atomic E-state index is -1.21. The molecule has 5 unspecified atom stereocenters. The number of aryl methyl sites for hydroxylation is 3. The van der Waals surface area contributed by atoms with Crippen molar-refractivity contribution in [2.75, 3.05) is 54.4 Å². The third kappa shape index (κ3) is 18.7. The molecule has 5 aromatic carbocycles. The molecule has 4 aliphatic heterocycles. The summed E-state index contributed by atoms with van der Waals surface area (Å²) in [6, 6.07) is 47.9. The van der Waals surface area contributed by atoms with E-state index < -0.39 is 29.5 Å². The van der Waals surface area contributed by atoms with Gasteiger partial charge in [0.1, 0.15) is 23.2 Å². The minimum Gasteiger partial charge on any atom is -0.392 e. The number of carbonyl (C=O) groups is 1. The summed E-state index contributed by atoms with van der Waals surface area (Å²) in [7, 11) is 8.59. The van der Waals surface area contributed by atoms with Crippen LogP contribution in [0.1, 0.15) is 163 Å². The Balaban J connectivity index is 0.000000115. The van der Waals surface area contributed by atoms with Gasteiger partial charge in [-0.1, -0.05) is 89.4 Å². The number of hydrogen-bond acceptors (Lipinski definition) is 17. The van der Waals surface area contributed by atoms with Crippen molar-refractivity contribution in [3.63, 3.8) is 0 Å². The van der Waals surface area contributed by atoms with Crippen LogP contribution >= 0.6 is 23.2 Å². The molecule has 5 atom stereocenters. The number of rotatable bonds is 17. The molecule has 10 aromatic heterocycles. The van der Waals surface area contributed by atoms with E-state index in [9.17, 15) is 35.4 Å². The molecule has 0 saturated carbocycles. The maximum Gasteiger partial charge on any atom is 0.178 e. The van der Waals surface area contributed by atoms with Gasteiger partial charge in [-0.2, -0.15) is 0 Å². The molecule has 22 nitrogen and oxygen atoms in total. The van der Waals surface area contributed by atoms with Gasteiger partial charge in [0.05, 0.1) is 79.4 Å². The highest BCUT2D eigenvalue weighted by Gasteiger charge is 2.35. The first kappa shape index (κ1) is 87.8. The second-order valence-corrected chi connectivity index (χ2v) is 35.9. The highest BCUT2D eigenvalue weighted by molar-refractivity contribution is 6.35. The molecule has 648 valence electrons. The first-order valence-corrected chi connectivity index (χ1v) is 44.2. The van der Waals surface area contributed by atoms with Gasteiger partial charge < -0.3 is 73.1 Å². The Bertz CT molecular complexity index is 6360. The number of nitrogens with zero attached hydrogens (tertiary/aromatic N) is 15. The molecule has 15 aromatic rings. The van der Waals surface area contributed by atoms with E-state index in [1.165, 1.54) is 126 Å². The van der Waals surface area contributed by atoms with Crippen LogP contribution in [0, 0.1) is 13.8 Å². The van der Waals surface area contributed by atoms with E-state index in [0.717, 1.165) is 145 Å². The number of likely N-dealkylation sites (N-methyl/N-ethyl adjacent to an activating group) is 4. The third-order valence-corrected chi connectivity index (χ3v) is 26.3. The molecule has 1 aliphatic carbocycles. The lowest BCUT2D eigenvalue weighted by Gasteiger charge is -2.29. The number of Topliss-reactive ketones (excluding diaryl/α,β-unsaturated/α-hetero) is 1. The number of hydrogen-bond donors (Lipinski definition) is 6. The SMILES string of the molecule is CC(=O)c1ncccc1C(C)(O)Cn1c2c(c3cc(C)ccc31)CN(C)CC2.CC(O)(Cn1c2c(c3cc(Cl)ccc31)CCCC2)c1ccncn1.CN1CCc2c(c3cccc(CO)c3n2CC(O)c2ccncc2)C1.CN1CCc2c(c3cccc(Cl)c3n2CC(O)c2ccncc2)C1.Cc1ccc2c3c(n(CC(O)c4cccnc4)c2c1)CCN(C)C3. The fraction of sp³-hybridized carbons (Fsp3) is 0.356. The van der Waals surface area contributed by atoms with Gasteiger partial charge in [0, 0.05) is 228 Å². The first-order valence-electron chi connectivity index (χ1n) is 43.5. The van der Waals surface area contributed by atoms with E-state index in [4.69, 9.17) is 23.2 Å². The number of carbonyl (C=O) groups excluding carboxylic acids is 1. The van der Waals surface area contributed by atoms with Crippen LogP contribution in [-0.2, 0) is 115 Å². The number of halogens is 2. The largest absolute Gasteiger partial charge is 0.392 e. The number of fused-ring (bicyclic) bond motifs is 15. The Labute approximate surface area is 740 Å². The summed E-state index contributed by atoms with van der Waals surface area (Å²) in [5.74, 6) is -0.132. The summed E-state index contributed by atoms with van der Waals surface area (Å²) in [5.41, 5.74) is 24.3. The first-order chi connectivity index (χ1) is 60.3. The minimum absolute atomic E-state index is 0.00141. The summed E-state index contributed by atoms with van der Waals surface area (Å²) in [6.45, 7) is 19.5. The quantitative estimate of drug-likeness (QED) is 0.0463. The van der Waals surface area contributed by atoms with Gasteiger partial charge in [-0.25, -0.2) is 9.97 Å². The molecular formula is C101H113Cl2N15O7. The molecule has 14 heterocycles. The van der Waals surface area contributed by atoms with Crippen molar-refractivity contribution in [1.82, 2.24) is 72.3 Å². The summed E-state index contributed by atoms with van der Waals surface area (Å²) in [4.78, 5) is 46.0. The van der Waals surface area contributed by atoms with E-state index in [1.54, 1.807) is 74.7 Å². The van der Waals surface area contributed by atoms with Crippen LogP contribution < -0.4 is 0 Å². The van der Waals surface area contributed by atoms with Gasteiger partial charge in [-0.3, -0.25) is 24.7 Å². The molecule has 0 radical (unpaired) electrons. The van der Waals surface area contributed by atoms with Crippen molar-refractivity contribution in [2.24, 2.45) is 0 Å². The lowest BCUT2D eigenvalue weighted by atomic mass is 9.92. The Morgan fingerprint density at radius 1 is 0.440 bits per heavy atom. The number of aliphatic hydroxyl groups is 6. The summed E-state index contributed by atoms with van der Waals surface area (Å²) < 4.78 is 11.2. The Morgan fingerprint density at radius 2 is 0.936 bits per heavy atom. The van der Waals surface area contributed by atoms with Gasteiger partial charge in [-0.15, -0.1) is 0 Å². The van der Waals surface area contributed by atoms with E-state index in [1.807, 2.05) is 73.7 Å². The lowest BCUT2D eigenvalue weighted by molar-refractivity contribution is 0.0341. The second-order valence-electron chi connectivity index (χ2n) is 35.1. The lowest BCUT2D eigenvalue weighted by Crippen LogP contribution is -2.33. The number of pyridine rings is 4. The normalized spacial score (nSPS) is 16.5. The second kappa shape index (κ2) is 37.9. The van der Waals surface area contributed by atoms with Crippen LogP contribution in [0.15, 0.2) is 201 Å². The van der Waals surface area contributed by atoms with E-state index in [-0.39, 0.29) is 12.4 Å². The molecule has 0 spiro atoms. The predicted molar refractivity (Wildman–Crippen MR) is 495 cm³/mol. The van der Waals surface area contributed by atoms with Crippen LogP contribution in [0.5, 0.6) is 0 Å². The van der Waals surface area contributed by atoms with Crippen molar-refractivity contribution >= 4 is 83.5 Å². The summed E-state index contributed by atoms with van der Waals surface area (Å²) >= 11 is 12.7. The zero-order chi connectivity index (χ0) is 87.5. The predicted octanol–water partition coefficient (Wildman–Crippen LogP) is 16.0. The average Bonchev–Trinajstić information content (AvgIpc) is 1.62. The number of aliphatic hydroxyl groups excluding tert-OH is 4. The molecule has 0 amide bonds. The molecule has 0 bridgehead atoms. The number of benzene rings is 5. The van der Waals surface area contributed by atoms with Crippen molar-refractivity contribution in [1.29, 1.82) is 0 Å². The molecule has 0 saturated heterocycles. The average molecular weight is 1720 g/mol. The molecule has 6 N–H and O–H groups in total. The standard InChI is InChI=1S/C23H27N3O2.C20H23N3O2.C20H23N3O.2C19H20ClN3O/c1-15-7-8-20-17(12-15)18-13-25(4)11-9-21(18)26(20)14-23(3,28)19-6-5-10-24-22(19)16(2)27;1-22-10-7-18-17(11-22)16-4-2-3-15(13-24)20(16)23(18)12-19(25)14-5-8-21-9-6-14;1-14-5-6-16-17-12-22(2)9-7-18(17)23(19(16)10-14)13-20(24)15-4-3-8-21-11-15;1-22-10-7-17-15(11-22)14-3-2-4-16(20)19(14)23(17)12-18(24)13-5-8-21-9-6-13;1-19(24,18-8-9-21-12-22-18)11-23-16-5-3-2-4-14(16)15-10-13(20)6-7-17(15)23/h5-8,10,12,28H,9,11,13-14H2,1-4H3;2-6,8-9,19,24-25H,7,10-13H2,1H3;3-6,8,10-11,20,24H,7,9,12-13H2,1-2H3;2-6,8-9,18,24H,7,10-12H2,1H3;6-10,12,24H,2-5,11H2,1H3. The molecule has 0 fully saturated rings. The summed E-state index contributed by atoms with van der Waals surface area (Å²) in [6.07, 6.45) is 21.8. The van der Waals surface area contributed by atoms with Crippen LogP contribution in [0.4, 0.5) is 0 Å². The smallest absolute Gasteiger partial charge is 0.178 e. The van der Waals surface area contributed by atoms with Gasteiger partial charge in [0.25, 0.3) is 0 Å². The maximum atomic E-state index is 12.0. The Morgan fingerprint density at radius 3 is 1.53 bits per heavy atom. The van der Waals surface area contributed by atoms with Crippen LogP contribution in [0.25, 0.3) is 54.5 Å². The third-order valence-electron chi connectivity index (χ3n) is 25.8.